The summed E-state index contributed by atoms with van der Waals surface area (Å²) >= 11 is 0. The molecule has 0 heterocycles. The monoisotopic (exact) mass is 232 g/mol. The summed E-state index contributed by atoms with van der Waals surface area (Å²) in [6.07, 6.45) is -4.92. The average Bonchev–Trinajstić information content (AvgIpc) is 2.14. The Morgan fingerprint density at radius 3 is 2.31 bits per heavy atom. The Balaban J connectivity index is 3.55. The molecule has 84 valence electrons. The van der Waals surface area contributed by atoms with Crippen molar-refractivity contribution in [1.82, 2.24) is 0 Å². The lowest BCUT2D eigenvalue weighted by Gasteiger charge is -2.10. The van der Waals surface area contributed by atoms with Crippen LogP contribution in [0.4, 0.5) is 17.6 Å². The zero-order valence-corrected chi connectivity index (χ0v) is 7.60. The van der Waals surface area contributed by atoms with Gasteiger partial charge in [0.25, 0.3) is 0 Å². The van der Waals surface area contributed by atoms with E-state index in [1.807, 2.05) is 0 Å². The molecule has 7 heteroatoms. The van der Waals surface area contributed by atoms with Gasteiger partial charge in [-0.25, -0.2) is 4.39 Å². The van der Waals surface area contributed by atoms with Crippen molar-refractivity contribution in [3.8, 4) is 6.07 Å². The zero-order chi connectivity index (χ0) is 12.5. The second-order valence-corrected chi connectivity index (χ2v) is 2.82. The lowest BCUT2D eigenvalue weighted by molar-refractivity contribution is -0.140. The zero-order valence-electron chi connectivity index (χ0n) is 7.60. The van der Waals surface area contributed by atoms with Gasteiger partial charge in [-0.1, -0.05) is 0 Å². The maximum Gasteiger partial charge on any atom is 0.419 e. The summed E-state index contributed by atoms with van der Waals surface area (Å²) in [5.74, 6) is -2.95. The molecule has 0 unspecified atom stereocenters. The largest absolute Gasteiger partial charge is 0.419 e. The van der Waals surface area contributed by atoms with E-state index in [0.717, 1.165) is 0 Å². The number of alkyl halides is 3. The van der Waals surface area contributed by atoms with Crippen LogP contribution in [0.15, 0.2) is 12.1 Å². The minimum absolute atomic E-state index is 0.371. The molecule has 0 aliphatic carbocycles. The second-order valence-electron chi connectivity index (χ2n) is 2.82. The number of hydrogen-bond acceptors (Lipinski definition) is 2. The molecule has 3 nitrogen and oxygen atoms in total. The van der Waals surface area contributed by atoms with Crippen LogP contribution in [-0.2, 0) is 6.18 Å². The van der Waals surface area contributed by atoms with Gasteiger partial charge in [-0.15, -0.1) is 0 Å². The summed E-state index contributed by atoms with van der Waals surface area (Å²) in [5, 5.41) is 8.47. The predicted octanol–water partition coefficient (Wildman–Crippen LogP) is 1.82. The molecule has 1 aromatic carbocycles. The lowest BCUT2D eigenvalue weighted by atomic mass is 10.0. The first-order valence-corrected chi connectivity index (χ1v) is 3.88. The van der Waals surface area contributed by atoms with Crippen LogP contribution in [0.3, 0.4) is 0 Å². The molecule has 0 aliphatic rings. The van der Waals surface area contributed by atoms with Gasteiger partial charge in [0.2, 0.25) is 5.91 Å². The Bertz CT molecular complexity index is 488. The number of nitrogens with zero attached hydrogens (tertiary/aromatic N) is 1. The van der Waals surface area contributed by atoms with Gasteiger partial charge in [0, 0.05) is 0 Å². The third-order valence-electron chi connectivity index (χ3n) is 1.82. The number of benzene rings is 1. The van der Waals surface area contributed by atoms with E-state index in [0.29, 0.717) is 12.1 Å². The molecule has 0 saturated heterocycles. The Morgan fingerprint density at radius 2 is 1.94 bits per heavy atom. The smallest absolute Gasteiger partial charge is 0.366 e. The molecule has 0 fully saturated rings. The van der Waals surface area contributed by atoms with Crippen molar-refractivity contribution in [2.45, 2.75) is 6.18 Å². The Kier molecular flexibility index (Phi) is 2.85. The Morgan fingerprint density at radius 1 is 1.38 bits per heavy atom. The fourth-order valence-corrected chi connectivity index (χ4v) is 1.11. The number of halogens is 4. The fraction of sp³-hybridized carbons (Fsp3) is 0.111. The number of amides is 1. The first-order chi connectivity index (χ1) is 7.29. The second kappa shape index (κ2) is 3.81. The number of primary amides is 1. The van der Waals surface area contributed by atoms with Crippen molar-refractivity contribution in [3.63, 3.8) is 0 Å². The first-order valence-electron chi connectivity index (χ1n) is 3.88. The summed E-state index contributed by atoms with van der Waals surface area (Å²) in [6.45, 7) is 0. The van der Waals surface area contributed by atoms with Crippen molar-refractivity contribution in [1.29, 1.82) is 5.26 Å². The molecule has 0 aliphatic heterocycles. The molecule has 2 N–H and O–H groups in total. The van der Waals surface area contributed by atoms with E-state index in [1.54, 1.807) is 0 Å². The molecular weight excluding hydrogens is 228 g/mol. The maximum absolute atomic E-state index is 13.2. The average molecular weight is 232 g/mol. The van der Waals surface area contributed by atoms with Crippen molar-refractivity contribution in [3.05, 3.63) is 34.6 Å². The van der Waals surface area contributed by atoms with Crippen LogP contribution in [0.5, 0.6) is 0 Å². The standard InChI is InChI=1S/C9H4F4N2O/c10-7-5(3-14)4(8(15)16)1-2-6(7)9(11,12)13/h1-2H,(H2,15,16). The molecular formula is C9H4F4N2O. The number of nitriles is 1. The van der Waals surface area contributed by atoms with E-state index < -0.39 is 34.6 Å². The van der Waals surface area contributed by atoms with Crippen molar-refractivity contribution in [2.24, 2.45) is 5.73 Å². The van der Waals surface area contributed by atoms with Crippen LogP contribution in [0.1, 0.15) is 21.5 Å². The highest BCUT2D eigenvalue weighted by Gasteiger charge is 2.36. The summed E-state index contributed by atoms with van der Waals surface area (Å²) in [4.78, 5) is 10.7. The molecule has 0 radical (unpaired) electrons. The highest BCUT2D eigenvalue weighted by Crippen LogP contribution is 2.33. The van der Waals surface area contributed by atoms with Gasteiger partial charge in [-0.05, 0) is 12.1 Å². The lowest BCUT2D eigenvalue weighted by Crippen LogP contribution is -2.17. The summed E-state index contributed by atoms with van der Waals surface area (Å²) in [6, 6.07) is 2.23. The first kappa shape index (κ1) is 12.0. The molecule has 0 saturated carbocycles. The molecule has 0 aromatic heterocycles. The number of carbonyl (C=O) groups excluding carboxylic acids is 1. The fourth-order valence-electron chi connectivity index (χ4n) is 1.11. The van der Waals surface area contributed by atoms with Crippen molar-refractivity contribution in [2.75, 3.05) is 0 Å². The van der Waals surface area contributed by atoms with E-state index in [1.165, 1.54) is 6.07 Å². The SMILES string of the molecule is N#Cc1c(C(N)=O)ccc(C(F)(F)F)c1F. The highest BCUT2D eigenvalue weighted by atomic mass is 19.4. The number of rotatable bonds is 1. The summed E-state index contributed by atoms with van der Waals surface area (Å²) in [7, 11) is 0. The van der Waals surface area contributed by atoms with Gasteiger partial charge < -0.3 is 5.73 Å². The Labute approximate surface area is 87.1 Å². The third kappa shape index (κ3) is 1.95. The molecule has 0 atom stereocenters. The van der Waals surface area contributed by atoms with Crippen molar-refractivity contribution >= 4 is 5.91 Å². The summed E-state index contributed by atoms with van der Waals surface area (Å²) in [5.41, 5.74) is 1.60. The molecule has 16 heavy (non-hydrogen) atoms. The molecule has 1 rings (SSSR count). The topological polar surface area (TPSA) is 66.9 Å². The van der Waals surface area contributed by atoms with Crippen LogP contribution < -0.4 is 5.73 Å². The van der Waals surface area contributed by atoms with Gasteiger partial charge in [0.05, 0.1) is 11.1 Å². The van der Waals surface area contributed by atoms with Gasteiger partial charge in [0.15, 0.2) is 5.82 Å². The van der Waals surface area contributed by atoms with E-state index in [2.05, 4.69) is 0 Å². The predicted molar refractivity (Wildman–Crippen MR) is 44.6 cm³/mol. The van der Waals surface area contributed by atoms with Gasteiger partial charge in [-0.2, -0.15) is 18.4 Å². The quantitative estimate of drug-likeness (QED) is 0.750. The highest BCUT2D eigenvalue weighted by molar-refractivity contribution is 5.95. The minimum Gasteiger partial charge on any atom is -0.366 e. The van der Waals surface area contributed by atoms with Crippen LogP contribution in [0.25, 0.3) is 0 Å². The molecule has 1 aromatic rings. The van der Waals surface area contributed by atoms with E-state index in [-0.39, 0.29) is 0 Å². The summed E-state index contributed by atoms with van der Waals surface area (Å²) < 4.78 is 49.9. The molecule has 1 amide bonds. The molecule has 0 spiro atoms. The van der Waals surface area contributed by atoms with Gasteiger partial charge in [-0.3, -0.25) is 4.79 Å². The van der Waals surface area contributed by atoms with Crippen LogP contribution in [0.2, 0.25) is 0 Å². The minimum atomic E-state index is -4.92. The Hall–Kier alpha value is -2.10. The number of carbonyl (C=O) groups is 1. The number of hydrogen-bond donors (Lipinski definition) is 1. The normalized spacial score (nSPS) is 10.9. The van der Waals surface area contributed by atoms with Crippen LogP contribution in [-0.4, -0.2) is 5.91 Å². The van der Waals surface area contributed by atoms with Crippen molar-refractivity contribution < 1.29 is 22.4 Å². The molecule has 0 bridgehead atoms. The number of nitrogens with two attached hydrogens (primary N) is 1. The van der Waals surface area contributed by atoms with Gasteiger partial charge in [0.1, 0.15) is 11.6 Å². The van der Waals surface area contributed by atoms with Gasteiger partial charge >= 0.3 is 6.18 Å². The van der Waals surface area contributed by atoms with Crippen LogP contribution in [0, 0.1) is 17.1 Å². The maximum atomic E-state index is 13.2. The van der Waals surface area contributed by atoms with Crippen LogP contribution >= 0.6 is 0 Å². The third-order valence-corrected chi connectivity index (χ3v) is 1.82. The van der Waals surface area contributed by atoms with E-state index >= 15 is 0 Å². The van der Waals surface area contributed by atoms with E-state index in [4.69, 9.17) is 11.0 Å². The van der Waals surface area contributed by atoms with E-state index in [9.17, 15) is 22.4 Å².